The fourth-order valence-electron chi connectivity index (χ4n) is 2.81. The Morgan fingerprint density at radius 2 is 2.23 bits per heavy atom. The largest absolute Gasteiger partial charge is 0.505 e. The van der Waals surface area contributed by atoms with E-state index in [0.29, 0.717) is 18.7 Å². The fraction of sp³-hybridized carbons (Fsp3) is 0.562. The van der Waals surface area contributed by atoms with Crippen molar-refractivity contribution < 1.29 is 19.4 Å². The molecular formula is C16H23FN2O3. The number of aliphatic hydroxyl groups is 1. The van der Waals surface area contributed by atoms with E-state index in [1.807, 2.05) is 0 Å². The fourth-order valence-corrected chi connectivity index (χ4v) is 2.81. The summed E-state index contributed by atoms with van der Waals surface area (Å²) in [6.45, 7) is 2.32. The lowest BCUT2D eigenvalue weighted by Crippen LogP contribution is -2.45. The van der Waals surface area contributed by atoms with E-state index in [4.69, 9.17) is 5.11 Å². The van der Waals surface area contributed by atoms with E-state index in [0.717, 1.165) is 25.8 Å². The number of aromatic hydroxyl groups is 1. The summed E-state index contributed by atoms with van der Waals surface area (Å²) in [6, 6.07) is 4.14. The second-order valence-corrected chi connectivity index (χ2v) is 5.68. The van der Waals surface area contributed by atoms with Gasteiger partial charge in [0.1, 0.15) is 0 Å². The van der Waals surface area contributed by atoms with Crippen molar-refractivity contribution in [3.63, 3.8) is 0 Å². The number of carbonyl (C=O) groups excluding carboxylic acids is 1. The minimum Gasteiger partial charge on any atom is -0.505 e. The van der Waals surface area contributed by atoms with Crippen LogP contribution in [0.3, 0.4) is 0 Å². The molecule has 1 heterocycles. The zero-order chi connectivity index (χ0) is 15.9. The molecule has 3 N–H and O–H groups in total. The van der Waals surface area contributed by atoms with Gasteiger partial charge in [-0.25, -0.2) is 4.39 Å². The Morgan fingerprint density at radius 3 is 2.95 bits per heavy atom. The first-order valence-corrected chi connectivity index (χ1v) is 7.69. The third kappa shape index (κ3) is 4.68. The number of phenols is 1. The normalized spacial score (nSPS) is 19.1. The summed E-state index contributed by atoms with van der Waals surface area (Å²) in [6.07, 6.45) is 3.34. The predicted molar refractivity (Wildman–Crippen MR) is 81.1 cm³/mol. The second kappa shape index (κ2) is 8.10. The molecule has 1 fully saturated rings. The number of carbonyl (C=O) groups is 1. The molecule has 1 amide bonds. The van der Waals surface area contributed by atoms with Crippen molar-refractivity contribution in [2.45, 2.75) is 31.7 Å². The summed E-state index contributed by atoms with van der Waals surface area (Å²) >= 11 is 0. The predicted octanol–water partition coefficient (Wildman–Crippen LogP) is 1.04. The molecule has 2 rings (SSSR count). The first-order valence-electron chi connectivity index (χ1n) is 7.69. The lowest BCUT2D eigenvalue weighted by atomic mass is 10.0. The Morgan fingerprint density at radius 1 is 1.41 bits per heavy atom. The maximum absolute atomic E-state index is 13.2. The number of halogens is 1. The Kier molecular flexibility index (Phi) is 6.15. The lowest BCUT2D eigenvalue weighted by Gasteiger charge is -2.34. The standard InChI is InChI=1S/C16H23FN2O3/c17-14-9-12(4-5-15(14)21)10-16(22)18-6-8-19-7-2-1-3-13(19)11-20/h4-5,9,13,20-21H,1-3,6-8,10-11H2,(H,18,22). The molecule has 1 aliphatic rings. The monoisotopic (exact) mass is 310 g/mol. The van der Waals surface area contributed by atoms with Gasteiger partial charge < -0.3 is 15.5 Å². The number of phenolic OH excluding ortho intramolecular Hbond substituents is 1. The maximum Gasteiger partial charge on any atom is 0.224 e. The summed E-state index contributed by atoms with van der Waals surface area (Å²) in [7, 11) is 0. The van der Waals surface area contributed by atoms with Crippen molar-refractivity contribution in [3.8, 4) is 5.75 Å². The van der Waals surface area contributed by atoms with Crippen LogP contribution in [0, 0.1) is 5.82 Å². The van der Waals surface area contributed by atoms with Gasteiger partial charge in [-0.2, -0.15) is 0 Å². The summed E-state index contributed by atoms with van der Waals surface area (Å²) in [4.78, 5) is 14.0. The van der Waals surface area contributed by atoms with Crippen LogP contribution in [0.2, 0.25) is 0 Å². The molecule has 0 spiro atoms. The van der Waals surface area contributed by atoms with E-state index >= 15 is 0 Å². The number of nitrogens with one attached hydrogen (secondary N) is 1. The van der Waals surface area contributed by atoms with Crippen LogP contribution in [-0.4, -0.2) is 53.3 Å². The molecule has 1 aromatic rings. The smallest absolute Gasteiger partial charge is 0.224 e. The number of aliphatic hydroxyl groups excluding tert-OH is 1. The molecule has 122 valence electrons. The number of amides is 1. The molecule has 0 aliphatic carbocycles. The topological polar surface area (TPSA) is 72.8 Å². The Labute approximate surface area is 129 Å². The molecule has 22 heavy (non-hydrogen) atoms. The zero-order valence-corrected chi connectivity index (χ0v) is 12.6. The molecule has 0 saturated carbocycles. The van der Waals surface area contributed by atoms with Crippen LogP contribution in [-0.2, 0) is 11.2 Å². The molecule has 1 aliphatic heterocycles. The summed E-state index contributed by atoms with van der Waals surface area (Å²) in [5.41, 5.74) is 0.527. The third-order valence-corrected chi connectivity index (χ3v) is 4.06. The molecule has 1 unspecified atom stereocenters. The van der Waals surface area contributed by atoms with Gasteiger partial charge in [-0.05, 0) is 37.1 Å². The number of nitrogens with zero attached hydrogens (tertiary/aromatic N) is 1. The average molecular weight is 310 g/mol. The first-order chi connectivity index (χ1) is 10.6. The van der Waals surface area contributed by atoms with E-state index in [-0.39, 0.29) is 25.0 Å². The zero-order valence-electron chi connectivity index (χ0n) is 12.6. The maximum atomic E-state index is 13.2. The number of hydrogen-bond acceptors (Lipinski definition) is 4. The number of likely N-dealkylation sites (tertiary alicyclic amines) is 1. The van der Waals surface area contributed by atoms with Crippen molar-refractivity contribution in [2.24, 2.45) is 0 Å². The number of hydrogen-bond donors (Lipinski definition) is 3. The van der Waals surface area contributed by atoms with E-state index in [1.54, 1.807) is 0 Å². The molecule has 0 aromatic heterocycles. The lowest BCUT2D eigenvalue weighted by molar-refractivity contribution is -0.120. The van der Waals surface area contributed by atoms with Crippen LogP contribution in [0.15, 0.2) is 18.2 Å². The van der Waals surface area contributed by atoms with Crippen LogP contribution in [0.1, 0.15) is 24.8 Å². The molecular weight excluding hydrogens is 287 g/mol. The van der Waals surface area contributed by atoms with Gasteiger partial charge in [0.2, 0.25) is 5.91 Å². The van der Waals surface area contributed by atoms with E-state index in [1.165, 1.54) is 18.2 Å². The quantitative estimate of drug-likeness (QED) is 0.734. The van der Waals surface area contributed by atoms with Crippen molar-refractivity contribution in [1.29, 1.82) is 0 Å². The van der Waals surface area contributed by atoms with Gasteiger partial charge in [-0.1, -0.05) is 12.5 Å². The molecule has 1 aromatic carbocycles. The number of benzene rings is 1. The van der Waals surface area contributed by atoms with Crippen LogP contribution < -0.4 is 5.32 Å². The molecule has 6 heteroatoms. The van der Waals surface area contributed by atoms with Gasteiger partial charge in [0.15, 0.2) is 11.6 Å². The van der Waals surface area contributed by atoms with E-state index < -0.39 is 11.6 Å². The van der Waals surface area contributed by atoms with Gasteiger partial charge in [-0.3, -0.25) is 9.69 Å². The van der Waals surface area contributed by atoms with Gasteiger partial charge in [0.05, 0.1) is 13.0 Å². The highest BCUT2D eigenvalue weighted by atomic mass is 19.1. The SMILES string of the molecule is O=C(Cc1ccc(O)c(F)c1)NCCN1CCCCC1CO. The molecule has 1 saturated heterocycles. The Bertz CT molecular complexity index is 510. The molecule has 0 radical (unpaired) electrons. The molecule has 5 nitrogen and oxygen atoms in total. The minimum atomic E-state index is -0.718. The Hall–Kier alpha value is -1.66. The highest BCUT2D eigenvalue weighted by Gasteiger charge is 2.21. The highest BCUT2D eigenvalue weighted by molar-refractivity contribution is 5.78. The number of piperidine rings is 1. The van der Waals surface area contributed by atoms with Gasteiger partial charge in [-0.15, -0.1) is 0 Å². The summed E-state index contributed by atoms with van der Waals surface area (Å²) in [5, 5.41) is 21.2. The third-order valence-electron chi connectivity index (χ3n) is 4.06. The minimum absolute atomic E-state index is 0.0840. The molecule has 0 bridgehead atoms. The van der Waals surface area contributed by atoms with Crippen LogP contribution in [0.4, 0.5) is 4.39 Å². The number of rotatable bonds is 6. The van der Waals surface area contributed by atoms with Gasteiger partial charge in [0.25, 0.3) is 0 Å². The summed E-state index contributed by atoms with van der Waals surface area (Å²) < 4.78 is 13.2. The average Bonchev–Trinajstić information content (AvgIpc) is 2.51. The van der Waals surface area contributed by atoms with Crippen molar-refractivity contribution in [3.05, 3.63) is 29.6 Å². The summed E-state index contributed by atoms with van der Waals surface area (Å²) in [5.74, 6) is -1.31. The van der Waals surface area contributed by atoms with Crippen molar-refractivity contribution in [1.82, 2.24) is 10.2 Å². The van der Waals surface area contributed by atoms with Gasteiger partial charge >= 0.3 is 0 Å². The Balaban J connectivity index is 1.74. The van der Waals surface area contributed by atoms with Crippen LogP contribution >= 0.6 is 0 Å². The van der Waals surface area contributed by atoms with Crippen molar-refractivity contribution >= 4 is 5.91 Å². The van der Waals surface area contributed by atoms with E-state index in [9.17, 15) is 14.3 Å². The second-order valence-electron chi connectivity index (χ2n) is 5.68. The van der Waals surface area contributed by atoms with Crippen LogP contribution in [0.25, 0.3) is 0 Å². The van der Waals surface area contributed by atoms with Gasteiger partial charge in [0, 0.05) is 19.1 Å². The first kappa shape index (κ1) is 16.7. The van der Waals surface area contributed by atoms with E-state index in [2.05, 4.69) is 10.2 Å². The van der Waals surface area contributed by atoms with Crippen molar-refractivity contribution in [2.75, 3.05) is 26.2 Å². The van der Waals surface area contributed by atoms with Crippen LogP contribution in [0.5, 0.6) is 5.75 Å². The molecule has 1 atom stereocenters. The highest BCUT2D eigenvalue weighted by Crippen LogP contribution is 2.17.